The van der Waals surface area contributed by atoms with E-state index in [9.17, 15) is 9.90 Å². The van der Waals surface area contributed by atoms with Crippen LogP contribution in [0, 0.1) is 0 Å². The second-order valence-electron chi connectivity index (χ2n) is 3.78. The number of ether oxygens (including phenoxy) is 2. The van der Waals surface area contributed by atoms with Crippen molar-refractivity contribution >= 4 is 6.09 Å². The zero-order chi connectivity index (χ0) is 13.4. The highest BCUT2D eigenvalue weighted by molar-refractivity contribution is 5.68. The lowest BCUT2D eigenvalue weighted by atomic mass is 10.0. The Labute approximate surface area is 107 Å². The lowest BCUT2D eigenvalue weighted by molar-refractivity contribution is 0.0366. The van der Waals surface area contributed by atoms with Crippen LogP contribution in [-0.4, -0.2) is 37.6 Å². The zero-order valence-corrected chi connectivity index (χ0v) is 10.6. The van der Waals surface area contributed by atoms with E-state index in [1.807, 2.05) is 30.3 Å². The summed E-state index contributed by atoms with van der Waals surface area (Å²) in [5, 5.41) is 12.6. The van der Waals surface area contributed by atoms with Gasteiger partial charge in [0.05, 0.1) is 19.3 Å². The van der Waals surface area contributed by atoms with Gasteiger partial charge in [-0.3, -0.25) is 0 Å². The number of hydrogen-bond acceptors (Lipinski definition) is 4. The molecule has 18 heavy (non-hydrogen) atoms. The maximum Gasteiger partial charge on any atom is 0.407 e. The molecule has 0 aromatic heterocycles. The molecule has 2 atom stereocenters. The number of amides is 1. The van der Waals surface area contributed by atoms with E-state index in [4.69, 9.17) is 9.47 Å². The number of rotatable bonds is 6. The van der Waals surface area contributed by atoms with Gasteiger partial charge in [0.2, 0.25) is 0 Å². The molecule has 1 aromatic rings. The van der Waals surface area contributed by atoms with Crippen LogP contribution in [0.3, 0.4) is 0 Å². The van der Waals surface area contributed by atoms with E-state index >= 15 is 0 Å². The summed E-state index contributed by atoms with van der Waals surface area (Å²) in [5.74, 6) is 0. The first-order valence-electron chi connectivity index (χ1n) is 5.84. The number of carbonyl (C=O) groups excluding carboxylic acids is 1. The fraction of sp³-hybridized carbons (Fsp3) is 0.462. The summed E-state index contributed by atoms with van der Waals surface area (Å²) in [7, 11) is 1.50. The summed E-state index contributed by atoms with van der Waals surface area (Å²) in [5.41, 5.74) is 0.801. The first-order valence-corrected chi connectivity index (χ1v) is 5.84. The fourth-order valence-electron chi connectivity index (χ4n) is 1.63. The average Bonchev–Trinajstić information content (AvgIpc) is 2.37. The van der Waals surface area contributed by atoms with Gasteiger partial charge >= 0.3 is 6.09 Å². The van der Waals surface area contributed by atoms with E-state index in [1.165, 1.54) is 7.11 Å². The van der Waals surface area contributed by atoms with Gasteiger partial charge in [-0.25, -0.2) is 4.79 Å². The van der Waals surface area contributed by atoms with E-state index in [2.05, 4.69) is 5.32 Å². The molecular formula is C13H19NO4. The van der Waals surface area contributed by atoms with Crippen LogP contribution in [0.15, 0.2) is 30.3 Å². The van der Waals surface area contributed by atoms with Crippen LogP contribution >= 0.6 is 0 Å². The number of aliphatic hydroxyl groups is 1. The average molecular weight is 253 g/mol. The largest absolute Gasteiger partial charge is 0.450 e. The number of aliphatic hydroxyl groups excluding tert-OH is 1. The second kappa shape index (κ2) is 7.68. The summed E-state index contributed by atoms with van der Waals surface area (Å²) < 4.78 is 9.73. The van der Waals surface area contributed by atoms with Gasteiger partial charge in [-0.15, -0.1) is 0 Å². The molecule has 0 heterocycles. The van der Waals surface area contributed by atoms with Gasteiger partial charge < -0.3 is 19.9 Å². The van der Waals surface area contributed by atoms with E-state index in [0.29, 0.717) is 0 Å². The molecule has 0 fully saturated rings. The Morgan fingerprint density at radius 3 is 2.61 bits per heavy atom. The molecule has 1 amide bonds. The highest BCUT2D eigenvalue weighted by Crippen LogP contribution is 2.17. The van der Waals surface area contributed by atoms with Crippen LogP contribution in [0.25, 0.3) is 0 Å². The summed E-state index contributed by atoms with van der Waals surface area (Å²) in [6, 6.07) is 8.66. The first-order chi connectivity index (χ1) is 8.69. The van der Waals surface area contributed by atoms with Gasteiger partial charge in [-0.2, -0.15) is 0 Å². The Hall–Kier alpha value is -1.59. The molecule has 0 aliphatic rings. The molecule has 0 radical (unpaired) electrons. The van der Waals surface area contributed by atoms with Gasteiger partial charge in [0, 0.05) is 7.11 Å². The van der Waals surface area contributed by atoms with Crippen molar-refractivity contribution in [1.29, 1.82) is 0 Å². The SMILES string of the molecule is CCOC(=O)N[C@@H](c1ccccc1)[C@@H](O)COC. The Morgan fingerprint density at radius 1 is 1.39 bits per heavy atom. The third-order valence-corrected chi connectivity index (χ3v) is 2.43. The lowest BCUT2D eigenvalue weighted by Gasteiger charge is -2.23. The topological polar surface area (TPSA) is 67.8 Å². The maximum atomic E-state index is 11.5. The molecule has 2 N–H and O–H groups in total. The number of carbonyl (C=O) groups is 1. The quantitative estimate of drug-likeness (QED) is 0.805. The number of benzene rings is 1. The summed E-state index contributed by atoms with van der Waals surface area (Å²) in [6.45, 7) is 2.14. The molecule has 0 spiro atoms. The van der Waals surface area contributed by atoms with Crippen LogP contribution in [0.1, 0.15) is 18.5 Å². The predicted octanol–water partition coefficient (Wildman–Crippen LogP) is 1.48. The summed E-state index contributed by atoms with van der Waals surface area (Å²) in [4.78, 5) is 11.5. The number of hydrogen-bond donors (Lipinski definition) is 2. The minimum atomic E-state index is -0.832. The van der Waals surface area contributed by atoms with Gasteiger partial charge in [-0.1, -0.05) is 30.3 Å². The summed E-state index contributed by atoms with van der Waals surface area (Å²) in [6.07, 6.45) is -1.39. The van der Waals surface area contributed by atoms with Crippen molar-refractivity contribution in [3.05, 3.63) is 35.9 Å². The maximum absolute atomic E-state index is 11.5. The minimum Gasteiger partial charge on any atom is -0.450 e. The molecule has 5 heteroatoms. The van der Waals surface area contributed by atoms with Crippen molar-refractivity contribution in [2.45, 2.75) is 19.1 Å². The Bertz CT molecular complexity index is 355. The normalized spacial score (nSPS) is 13.7. The third kappa shape index (κ3) is 4.35. The molecule has 0 saturated heterocycles. The standard InChI is InChI=1S/C13H19NO4/c1-3-18-13(16)14-12(11(15)9-17-2)10-7-5-4-6-8-10/h4-8,11-12,15H,3,9H2,1-2H3,(H,14,16)/t11-,12-/m0/s1. The van der Waals surface area contributed by atoms with Crippen LogP contribution < -0.4 is 5.32 Å². The molecule has 1 aromatic carbocycles. The minimum absolute atomic E-state index is 0.131. The van der Waals surface area contributed by atoms with E-state index in [-0.39, 0.29) is 13.2 Å². The van der Waals surface area contributed by atoms with Gasteiger partial charge in [-0.05, 0) is 12.5 Å². The zero-order valence-electron chi connectivity index (χ0n) is 10.6. The van der Waals surface area contributed by atoms with Crippen molar-refractivity contribution in [3.63, 3.8) is 0 Å². The molecule has 0 unspecified atom stereocenters. The Kier molecular flexibility index (Phi) is 6.18. The molecular weight excluding hydrogens is 234 g/mol. The van der Waals surface area contributed by atoms with E-state index < -0.39 is 18.2 Å². The van der Waals surface area contributed by atoms with Gasteiger partial charge in [0.1, 0.15) is 6.10 Å². The smallest absolute Gasteiger partial charge is 0.407 e. The fourth-order valence-corrected chi connectivity index (χ4v) is 1.63. The second-order valence-corrected chi connectivity index (χ2v) is 3.78. The van der Waals surface area contributed by atoms with Crippen molar-refractivity contribution in [3.8, 4) is 0 Å². The van der Waals surface area contributed by atoms with Crippen molar-refractivity contribution in [2.75, 3.05) is 20.3 Å². The van der Waals surface area contributed by atoms with E-state index in [1.54, 1.807) is 6.92 Å². The van der Waals surface area contributed by atoms with Crippen molar-refractivity contribution in [2.24, 2.45) is 0 Å². The predicted molar refractivity (Wildman–Crippen MR) is 67.2 cm³/mol. The van der Waals surface area contributed by atoms with Crippen LogP contribution in [0.5, 0.6) is 0 Å². The third-order valence-electron chi connectivity index (χ3n) is 2.43. The van der Waals surface area contributed by atoms with Crippen LogP contribution in [-0.2, 0) is 9.47 Å². The number of nitrogens with one attached hydrogen (secondary N) is 1. The van der Waals surface area contributed by atoms with Crippen LogP contribution in [0.2, 0.25) is 0 Å². The number of alkyl carbamates (subject to hydrolysis) is 1. The van der Waals surface area contributed by atoms with Crippen molar-refractivity contribution < 1.29 is 19.4 Å². The molecule has 100 valence electrons. The molecule has 0 saturated carbocycles. The van der Waals surface area contributed by atoms with Gasteiger partial charge in [0.15, 0.2) is 0 Å². The Morgan fingerprint density at radius 2 is 2.06 bits per heavy atom. The lowest BCUT2D eigenvalue weighted by Crippen LogP contribution is -2.38. The van der Waals surface area contributed by atoms with Crippen molar-refractivity contribution in [1.82, 2.24) is 5.32 Å². The van der Waals surface area contributed by atoms with E-state index in [0.717, 1.165) is 5.56 Å². The molecule has 1 rings (SSSR count). The summed E-state index contributed by atoms with van der Waals surface area (Å²) >= 11 is 0. The molecule has 5 nitrogen and oxygen atoms in total. The Balaban J connectivity index is 2.78. The van der Waals surface area contributed by atoms with Gasteiger partial charge in [0.25, 0.3) is 0 Å². The molecule has 0 bridgehead atoms. The highest BCUT2D eigenvalue weighted by Gasteiger charge is 2.23. The van der Waals surface area contributed by atoms with Crippen LogP contribution in [0.4, 0.5) is 4.79 Å². The monoisotopic (exact) mass is 253 g/mol. The number of methoxy groups -OCH3 is 1. The molecule has 0 aliphatic carbocycles. The first kappa shape index (κ1) is 14.5. The highest BCUT2D eigenvalue weighted by atomic mass is 16.5. The molecule has 0 aliphatic heterocycles.